The Hall–Kier alpha value is -2.38. The van der Waals surface area contributed by atoms with Crippen molar-refractivity contribution in [1.29, 1.82) is 0 Å². The summed E-state index contributed by atoms with van der Waals surface area (Å²) < 4.78 is 12.1. The first kappa shape index (κ1) is 26.2. The Morgan fingerprint density at radius 1 is 1.05 bits per heavy atom. The normalized spacial score (nSPS) is 25.0. The average molecular weight is 503 g/mol. The van der Waals surface area contributed by atoms with Crippen LogP contribution in [-0.2, 0) is 29.2 Å². The fourth-order valence-electron chi connectivity index (χ4n) is 6.08. The van der Waals surface area contributed by atoms with Crippen LogP contribution in [0.1, 0.15) is 92.3 Å². The van der Waals surface area contributed by atoms with Crippen LogP contribution in [0.4, 0.5) is 0 Å². The van der Waals surface area contributed by atoms with E-state index in [1.165, 1.54) is 40.1 Å². The van der Waals surface area contributed by atoms with E-state index in [1.54, 1.807) is 0 Å². The molecule has 0 bridgehead atoms. The van der Waals surface area contributed by atoms with Gasteiger partial charge < -0.3 is 15.2 Å². The molecule has 2 N–H and O–H groups in total. The number of piperidine rings is 1. The summed E-state index contributed by atoms with van der Waals surface area (Å²) in [7, 11) is 0. The minimum atomic E-state index is -0.112. The SMILES string of the molecule is CC1=C([C@@H]2CCC[C@H](c3ncccc3C)N2Cc2ccc(CN)cc2COC2CCCCO2)N=CCC1. The van der Waals surface area contributed by atoms with Gasteiger partial charge in [0, 0.05) is 32.1 Å². The summed E-state index contributed by atoms with van der Waals surface area (Å²) in [6.07, 6.45) is 12.7. The molecule has 0 radical (unpaired) electrons. The fraction of sp³-hybridized carbons (Fsp3) is 0.548. The third kappa shape index (κ3) is 6.20. The molecule has 0 saturated carbocycles. The molecule has 0 amide bonds. The van der Waals surface area contributed by atoms with Gasteiger partial charge in [0.1, 0.15) is 0 Å². The molecule has 1 aromatic heterocycles. The Kier molecular flexibility index (Phi) is 8.82. The third-order valence-corrected chi connectivity index (χ3v) is 8.17. The molecule has 2 aromatic rings. The molecule has 5 rings (SSSR count). The lowest BCUT2D eigenvalue weighted by molar-refractivity contribution is -0.169. The molecule has 2 saturated heterocycles. The number of nitrogens with two attached hydrogens (primary N) is 1. The smallest absolute Gasteiger partial charge is 0.158 e. The van der Waals surface area contributed by atoms with E-state index in [2.05, 4.69) is 49.2 Å². The second-order valence-electron chi connectivity index (χ2n) is 10.8. The van der Waals surface area contributed by atoms with E-state index in [-0.39, 0.29) is 18.4 Å². The number of hydrogen-bond donors (Lipinski definition) is 1. The fourth-order valence-corrected chi connectivity index (χ4v) is 6.08. The van der Waals surface area contributed by atoms with Crippen molar-refractivity contribution in [2.24, 2.45) is 10.7 Å². The number of pyridine rings is 1. The molecule has 6 nitrogen and oxygen atoms in total. The van der Waals surface area contributed by atoms with Crippen LogP contribution in [0.25, 0.3) is 0 Å². The van der Waals surface area contributed by atoms with Crippen LogP contribution >= 0.6 is 0 Å². The number of likely N-dealkylation sites (tertiary alicyclic amines) is 1. The molecule has 1 unspecified atom stereocenters. The Labute approximate surface area is 222 Å². The van der Waals surface area contributed by atoms with E-state index in [9.17, 15) is 0 Å². The number of nitrogens with zero attached hydrogens (tertiary/aromatic N) is 3. The Bertz CT molecular complexity index is 1120. The van der Waals surface area contributed by atoms with Gasteiger partial charge in [-0.1, -0.05) is 24.3 Å². The third-order valence-electron chi connectivity index (χ3n) is 8.17. The first-order chi connectivity index (χ1) is 18.1. The lowest BCUT2D eigenvalue weighted by atomic mass is 9.87. The van der Waals surface area contributed by atoms with Crippen molar-refractivity contribution < 1.29 is 9.47 Å². The van der Waals surface area contributed by atoms with Gasteiger partial charge in [0.05, 0.1) is 30.1 Å². The molecule has 37 heavy (non-hydrogen) atoms. The van der Waals surface area contributed by atoms with Crippen molar-refractivity contribution in [3.63, 3.8) is 0 Å². The standard InChI is InChI=1S/C31H42N4O2/c1-22-8-6-15-33-30(22)27-10-5-11-28(31-23(2)9-7-16-34-31)35(27)20-25-14-13-24(19-32)18-26(25)21-37-29-12-3-4-17-36-29/h6,8,13-16,18,27-29H,3-5,7,9-12,17,19-21,32H2,1-2H3/t27-,28+,29?/m1/s1. The minimum absolute atomic E-state index is 0.112. The second-order valence-corrected chi connectivity index (χ2v) is 10.8. The van der Waals surface area contributed by atoms with Crippen molar-refractivity contribution >= 4 is 6.21 Å². The zero-order valence-electron chi connectivity index (χ0n) is 22.5. The zero-order chi connectivity index (χ0) is 25.6. The van der Waals surface area contributed by atoms with Crippen LogP contribution in [0.2, 0.25) is 0 Å². The van der Waals surface area contributed by atoms with Crippen molar-refractivity contribution in [3.05, 3.63) is 75.7 Å². The van der Waals surface area contributed by atoms with Crippen molar-refractivity contribution in [2.75, 3.05) is 6.61 Å². The van der Waals surface area contributed by atoms with E-state index >= 15 is 0 Å². The van der Waals surface area contributed by atoms with Crippen LogP contribution in [0, 0.1) is 6.92 Å². The first-order valence-corrected chi connectivity index (χ1v) is 14.1. The summed E-state index contributed by atoms with van der Waals surface area (Å²) in [5.74, 6) is 0. The molecule has 3 atom stereocenters. The van der Waals surface area contributed by atoms with Gasteiger partial charge in [-0.3, -0.25) is 14.9 Å². The number of aryl methyl sites for hydroxylation is 1. The lowest BCUT2D eigenvalue weighted by Crippen LogP contribution is -2.43. The molecule has 0 spiro atoms. The second kappa shape index (κ2) is 12.4. The summed E-state index contributed by atoms with van der Waals surface area (Å²) in [6, 6.07) is 11.4. The van der Waals surface area contributed by atoms with E-state index in [0.29, 0.717) is 13.2 Å². The molecule has 1 aromatic carbocycles. The molecule has 2 fully saturated rings. The van der Waals surface area contributed by atoms with Gasteiger partial charge >= 0.3 is 0 Å². The summed E-state index contributed by atoms with van der Waals surface area (Å²) in [4.78, 5) is 12.5. The Morgan fingerprint density at radius 2 is 1.95 bits per heavy atom. The highest BCUT2D eigenvalue weighted by atomic mass is 16.7. The summed E-state index contributed by atoms with van der Waals surface area (Å²) in [5, 5.41) is 0. The maximum absolute atomic E-state index is 6.26. The highest BCUT2D eigenvalue weighted by Crippen LogP contribution is 2.40. The van der Waals surface area contributed by atoms with Crippen molar-refractivity contribution in [1.82, 2.24) is 9.88 Å². The quantitative estimate of drug-likeness (QED) is 0.470. The molecular weight excluding hydrogens is 460 g/mol. The van der Waals surface area contributed by atoms with Gasteiger partial charge in [0.15, 0.2) is 6.29 Å². The molecule has 3 aliphatic heterocycles. The Balaban J connectivity index is 1.48. The molecule has 198 valence electrons. The predicted molar refractivity (Wildman–Crippen MR) is 148 cm³/mol. The van der Waals surface area contributed by atoms with Crippen molar-refractivity contribution in [3.8, 4) is 0 Å². The minimum Gasteiger partial charge on any atom is -0.353 e. The molecule has 0 aliphatic carbocycles. The topological polar surface area (TPSA) is 73.0 Å². The molecule has 4 heterocycles. The number of benzene rings is 1. The van der Waals surface area contributed by atoms with Crippen LogP contribution < -0.4 is 5.73 Å². The van der Waals surface area contributed by atoms with Crippen LogP contribution in [0.3, 0.4) is 0 Å². The number of allylic oxidation sites excluding steroid dienone is 1. The maximum atomic E-state index is 6.26. The van der Waals surface area contributed by atoms with E-state index in [4.69, 9.17) is 25.2 Å². The van der Waals surface area contributed by atoms with E-state index in [1.807, 2.05) is 12.3 Å². The number of aromatic nitrogens is 1. The lowest BCUT2D eigenvalue weighted by Gasteiger charge is -2.43. The van der Waals surface area contributed by atoms with Gasteiger partial charge in [-0.15, -0.1) is 0 Å². The van der Waals surface area contributed by atoms with Gasteiger partial charge in [-0.2, -0.15) is 0 Å². The summed E-state index contributed by atoms with van der Waals surface area (Å²) in [6.45, 7) is 7.13. The van der Waals surface area contributed by atoms with Crippen LogP contribution in [-0.4, -0.2) is 35.0 Å². The van der Waals surface area contributed by atoms with Crippen molar-refractivity contribution in [2.45, 2.75) is 103 Å². The zero-order valence-corrected chi connectivity index (χ0v) is 22.5. The first-order valence-electron chi connectivity index (χ1n) is 14.1. The summed E-state index contributed by atoms with van der Waals surface area (Å²) >= 11 is 0. The molecule has 3 aliphatic rings. The van der Waals surface area contributed by atoms with Crippen LogP contribution in [0.5, 0.6) is 0 Å². The largest absolute Gasteiger partial charge is 0.353 e. The Morgan fingerprint density at radius 3 is 2.73 bits per heavy atom. The predicted octanol–water partition coefficient (Wildman–Crippen LogP) is 6.13. The van der Waals surface area contributed by atoms with E-state index in [0.717, 1.165) is 63.7 Å². The number of ether oxygens (including phenoxy) is 2. The highest BCUT2D eigenvalue weighted by Gasteiger charge is 2.36. The molecule has 6 heteroatoms. The molecular formula is C31H42N4O2. The maximum Gasteiger partial charge on any atom is 0.158 e. The van der Waals surface area contributed by atoms with Gasteiger partial charge in [-0.25, -0.2) is 0 Å². The van der Waals surface area contributed by atoms with Crippen LogP contribution in [0.15, 0.2) is 52.8 Å². The number of aliphatic imine (C=N–C) groups is 1. The van der Waals surface area contributed by atoms with Gasteiger partial charge in [0.2, 0.25) is 0 Å². The van der Waals surface area contributed by atoms with E-state index < -0.39 is 0 Å². The highest BCUT2D eigenvalue weighted by molar-refractivity contribution is 5.62. The average Bonchev–Trinajstić information content (AvgIpc) is 2.94. The van der Waals surface area contributed by atoms with Gasteiger partial charge in [-0.05, 0) is 99.1 Å². The monoisotopic (exact) mass is 502 g/mol. The van der Waals surface area contributed by atoms with Gasteiger partial charge in [0.25, 0.3) is 0 Å². The number of hydrogen-bond acceptors (Lipinski definition) is 6. The summed E-state index contributed by atoms with van der Waals surface area (Å²) in [5.41, 5.74) is 14.8. The number of rotatable bonds is 8.